The molecule has 126 valence electrons. The largest absolute Gasteiger partial charge is 0.335 e. The molecule has 0 saturated carbocycles. The highest BCUT2D eigenvalue weighted by atomic mass is 16.2. The molecule has 3 atom stereocenters. The summed E-state index contributed by atoms with van der Waals surface area (Å²) in [6.07, 6.45) is 1.86. The van der Waals surface area contributed by atoms with E-state index in [2.05, 4.69) is 45.2 Å². The number of fused-ring (bicyclic) bond motifs is 1. The van der Waals surface area contributed by atoms with Crippen molar-refractivity contribution in [3.8, 4) is 0 Å². The van der Waals surface area contributed by atoms with Crippen LogP contribution >= 0.6 is 0 Å². The van der Waals surface area contributed by atoms with Crippen molar-refractivity contribution in [1.29, 1.82) is 0 Å². The van der Waals surface area contributed by atoms with Gasteiger partial charge in [-0.25, -0.2) is 0 Å². The first-order valence-electron chi connectivity index (χ1n) is 8.65. The van der Waals surface area contributed by atoms with Gasteiger partial charge in [-0.3, -0.25) is 14.4 Å². The highest BCUT2D eigenvalue weighted by molar-refractivity contribution is 5.74. The van der Waals surface area contributed by atoms with Gasteiger partial charge in [-0.05, 0) is 17.5 Å². The topological polar surface area (TPSA) is 41.4 Å². The standard InChI is InChI=1S/C19H24N4O/c1-14(24)23-11-16-10-22(12-17-8-9-20-21(17)2)13-18(16)19(23)15-6-4-3-5-7-15/h3-9,16,18-19H,10-13H2,1-2H3/t16-,18-,19+/m1/s1. The van der Waals surface area contributed by atoms with E-state index in [1.807, 2.05) is 24.0 Å². The van der Waals surface area contributed by atoms with Gasteiger partial charge >= 0.3 is 0 Å². The quantitative estimate of drug-likeness (QED) is 0.868. The Balaban J connectivity index is 1.55. The van der Waals surface area contributed by atoms with Crippen LogP contribution < -0.4 is 0 Å². The number of hydrogen-bond acceptors (Lipinski definition) is 3. The zero-order valence-corrected chi connectivity index (χ0v) is 14.3. The summed E-state index contributed by atoms with van der Waals surface area (Å²) < 4.78 is 1.95. The van der Waals surface area contributed by atoms with E-state index in [1.54, 1.807) is 6.92 Å². The Bertz CT molecular complexity index is 726. The fraction of sp³-hybridized carbons (Fsp3) is 0.474. The van der Waals surface area contributed by atoms with Gasteiger partial charge in [0.25, 0.3) is 0 Å². The van der Waals surface area contributed by atoms with Crippen molar-refractivity contribution in [2.45, 2.75) is 19.5 Å². The van der Waals surface area contributed by atoms with Crippen LogP contribution in [0.3, 0.4) is 0 Å². The summed E-state index contributed by atoms with van der Waals surface area (Å²) >= 11 is 0. The molecule has 0 bridgehead atoms. The molecule has 5 heteroatoms. The maximum atomic E-state index is 12.1. The molecule has 1 aromatic carbocycles. The van der Waals surface area contributed by atoms with Crippen molar-refractivity contribution in [2.75, 3.05) is 19.6 Å². The van der Waals surface area contributed by atoms with Gasteiger partial charge in [-0.15, -0.1) is 0 Å². The third-order valence-corrected chi connectivity index (χ3v) is 5.59. The van der Waals surface area contributed by atoms with Gasteiger partial charge in [-0.1, -0.05) is 30.3 Å². The minimum Gasteiger partial charge on any atom is -0.335 e. The molecule has 0 spiro atoms. The normalized spacial score (nSPS) is 26.8. The van der Waals surface area contributed by atoms with E-state index in [1.165, 1.54) is 11.3 Å². The van der Waals surface area contributed by atoms with Gasteiger partial charge in [0.05, 0.1) is 11.7 Å². The zero-order chi connectivity index (χ0) is 16.7. The van der Waals surface area contributed by atoms with E-state index in [-0.39, 0.29) is 11.9 Å². The first kappa shape index (κ1) is 15.4. The van der Waals surface area contributed by atoms with Crippen LogP contribution in [-0.2, 0) is 18.4 Å². The molecule has 2 fully saturated rings. The molecule has 2 aliphatic heterocycles. The lowest BCUT2D eigenvalue weighted by Gasteiger charge is -2.29. The Kier molecular flexibility index (Phi) is 3.88. The Morgan fingerprint density at radius 2 is 1.96 bits per heavy atom. The summed E-state index contributed by atoms with van der Waals surface area (Å²) in [5.74, 6) is 1.27. The molecular formula is C19H24N4O. The fourth-order valence-corrected chi connectivity index (χ4v) is 4.45. The molecule has 1 aromatic heterocycles. The SMILES string of the molecule is CC(=O)N1C[C@H]2CN(Cc3ccnn3C)C[C@H]2[C@@H]1c1ccccc1. The molecule has 2 aromatic rings. The second-order valence-corrected chi connectivity index (χ2v) is 7.09. The summed E-state index contributed by atoms with van der Waals surface area (Å²) in [6.45, 7) is 5.61. The Hall–Kier alpha value is -2.14. The molecule has 1 amide bonds. The van der Waals surface area contributed by atoms with Crippen molar-refractivity contribution >= 4 is 5.91 Å². The number of hydrogen-bond donors (Lipinski definition) is 0. The number of aromatic nitrogens is 2. The van der Waals surface area contributed by atoms with E-state index in [0.717, 1.165) is 26.2 Å². The van der Waals surface area contributed by atoms with Crippen LogP contribution in [0.15, 0.2) is 42.6 Å². The average molecular weight is 324 g/mol. The predicted molar refractivity (Wildman–Crippen MR) is 92.0 cm³/mol. The van der Waals surface area contributed by atoms with Crippen LogP contribution in [-0.4, -0.2) is 45.1 Å². The minimum absolute atomic E-state index is 0.191. The van der Waals surface area contributed by atoms with E-state index in [9.17, 15) is 4.79 Å². The van der Waals surface area contributed by atoms with Crippen molar-refractivity contribution in [1.82, 2.24) is 19.6 Å². The van der Waals surface area contributed by atoms with Gasteiger partial charge in [0.1, 0.15) is 0 Å². The van der Waals surface area contributed by atoms with Gasteiger partial charge in [-0.2, -0.15) is 5.10 Å². The van der Waals surface area contributed by atoms with Crippen LogP contribution in [0.25, 0.3) is 0 Å². The second kappa shape index (κ2) is 6.06. The van der Waals surface area contributed by atoms with Gasteiger partial charge < -0.3 is 4.90 Å². The third-order valence-electron chi connectivity index (χ3n) is 5.59. The molecule has 5 nitrogen and oxygen atoms in total. The maximum absolute atomic E-state index is 12.1. The molecule has 0 N–H and O–H groups in total. The lowest BCUT2D eigenvalue weighted by Crippen LogP contribution is -2.34. The Morgan fingerprint density at radius 1 is 1.17 bits per heavy atom. The maximum Gasteiger partial charge on any atom is 0.219 e. The summed E-state index contributed by atoms with van der Waals surface area (Å²) in [4.78, 5) is 16.7. The summed E-state index contributed by atoms with van der Waals surface area (Å²) in [5.41, 5.74) is 2.51. The van der Waals surface area contributed by atoms with Crippen molar-refractivity contribution < 1.29 is 4.79 Å². The summed E-state index contributed by atoms with van der Waals surface area (Å²) in [5, 5.41) is 4.27. The average Bonchev–Trinajstić information content (AvgIpc) is 3.23. The first-order chi connectivity index (χ1) is 11.6. The van der Waals surface area contributed by atoms with Crippen LogP contribution in [0.1, 0.15) is 24.2 Å². The van der Waals surface area contributed by atoms with E-state index >= 15 is 0 Å². The van der Waals surface area contributed by atoms with Gasteiger partial charge in [0.2, 0.25) is 5.91 Å². The van der Waals surface area contributed by atoms with Crippen molar-refractivity contribution in [2.24, 2.45) is 18.9 Å². The number of nitrogens with zero attached hydrogens (tertiary/aromatic N) is 4. The number of aryl methyl sites for hydroxylation is 1. The first-order valence-corrected chi connectivity index (χ1v) is 8.65. The number of rotatable bonds is 3. The van der Waals surface area contributed by atoms with Crippen LogP contribution in [0.5, 0.6) is 0 Å². The number of benzene rings is 1. The van der Waals surface area contributed by atoms with Crippen LogP contribution in [0.2, 0.25) is 0 Å². The van der Waals surface area contributed by atoms with Gasteiger partial charge in [0, 0.05) is 52.3 Å². The Labute approximate surface area is 142 Å². The number of carbonyl (C=O) groups is 1. The van der Waals surface area contributed by atoms with E-state index in [0.29, 0.717) is 11.8 Å². The number of amides is 1. The molecule has 3 heterocycles. The summed E-state index contributed by atoms with van der Waals surface area (Å²) in [7, 11) is 2.00. The second-order valence-electron chi connectivity index (χ2n) is 7.09. The molecule has 2 aliphatic rings. The highest BCUT2D eigenvalue weighted by Crippen LogP contribution is 2.45. The molecule has 4 rings (SSSR count). The van der Waals surface area contributed by atoms with Crippen molar-refractivity contribution in [3.63, 3.8) is 0 Å². The lowest BCUT2D eigenvalue weighted by molar-refractivity contribution is -0.130. The van der Waals surface area contributed by atoms with Crippen LogP contribution in [0, 0.1) is 11.8 Å². The minimum atomic E-state index is 0.191. The smallest absolute Gasteiger partial charge is 0.219 e. The number of carbonyl (C=O) groups excluding carboxylic acids is 1. The van der Waals surface area contributed by atoms with E-state index < -0.39 is 0 Å². The number of likely N-dealkylation sites (tertiary alicyclic amines) is 2. The summed E-state index contributed by atoms with van der Waals surface area (Å²) in [6, 6.07) is 12.8. The monoisotopic (exact) mass is 324 g/mol. The lowest BCUT2D eigenvalue weighted by atomic mass is 9.89. The molecule has 24 heavy (non-hydrogen) atoms. The van der Waals surface area contributed by atoms with E-state index in [4.69, 9.17) is 0 Å². The molecule has 0 unspecified atom stereocenters. The fourth-order valence-electron chi connectivity index (χ4n) is 4.45. The molecule has 0 radical (unpaired) electrons. The van der Waals surface area contributed by atoms with Crippen molar-refractivity contribution in [3.05, 3.63) is 53.9 Å². The Morgan fingerprint density at radius 3 is 2.62 bits per heavy atom. The molecular weight excluding hydrogens is 300 g/mol. The molecule has 2 saturated heterocycles. The zero-order valence-electron chi connectivity index (χ0n) is 14.3. The predicted octanol–water partition coefficient (Wildman–Crippen LogP) is 2.07. The molecule has 0 aliphatic carbocycles. The highest BCUT2D eigenvalue weighted by Gasteiger charge is 2.48. The van der Waals surface area contributed by atoms with Crippen LogP contribution in [0.4, 0.5) is 0 Å². The third kappa shape index (κ3) is 2.63. The van der Waals surface area contributed by atoms with Gasteiger partial charge in [0.15, 0.2) is 0 Å².